The fourth-order valence-electron chi connectivity index (χ4n) is 3.90. The lowest BCUT2D eigenvalue weighted by Crippen LogP contribution is -2.14. The normalized spacial score (nSPS) is 11.7. The van der Waals surface area contributed by atoms with E-state index in [1.165, 1.54) is 31.4 Å². The van der Waals surface area contributed by atoms with Gasteiger partial charge in [0, 0.05) is 33.9 Å². The number of hydrogen-bond acceptors (Lipinski definition) is 5. The van der Waals surface area contributed by atoms with E-state index in [1.807, 2.05) is 0 Å². The maximum absolute atomic E-state index is 14.1. The van der Waals surface area contributed by atoms with Crippen LogP contribution < -0.4 is 10.1 Å². The fraction of sp³-hybridized carbons (Fsp3) is 0.250. The Hall–Kier alpha value is -4.05. The summed E-state index contributed by atoms with van der Waals surface area (Å²) in [6.07, 6.45) is -4.76. The van der Waals surface area contributed by atoms with Gasteiger partial charge >= 0.3 is 12.1 Å². The van der Waals surface area contributed by atoms with Crippen molar-refractivity contribution in [2.24, 2.45) is 0 Å². The number of rotatable bonds is 9. The number of carbonyl (C=O) groups excluding carboxylic acids is 1. The van der Waals surface area contributed by atoms with Gasteiger partial charge in [0.05, 0.1) is 32.0 Å². The van der Waals surface area contributed by atoms with Crippen molar-refractivity contribution in [3.05, 3.63) is 88.9 Å². The van der Waals surface area contributed by atoms with Crippen molar-refractivity contribution in [3.63, 3.8) is 0 Å². The highest BCUT2D eigenvalue weighted by molar-refractivity contribution is 5.99. The molecule has 10 heteroatoms. The van der Waals surface area contributed by atoms with E-state index in [-0.39, 0.29) is 30.8 Å². The van der Waals surface area contributed by atoms with Crippen molar-refractivity contribution in [1.29, 1.82) is 0 Å². The summed E-state index contributed by atoms with van der Waals surface area (Å²) < 4.78 is 68.6. The monoisotopic (exact) mass is 530 g/mol. The zero-order chi connectivity index (χ0) is 27.4. The zero-order valence-electron chi connectivity index (χ0n) is 20.9. The van der Waals surface area contributed by atoms with Crippen molar-refractivity contribution >= 4 is 28.2 Å². The molecule has 38 heavy (non-hydrogen) atoms. The first kappa shape index (κ1) is 27.0. The van der Waals surface area contributed by atoms with E-state index < -0.39 is 23.5 Å². The van der Waals surface area contributed by atoms with Gasteiger partial charge in [-0.05, 0) is 55.8 Å². The number of benzene rings is 3. The summed E-state index contributed by atoms with van der Waals surface area (Å²) in [7, 11) is 1.39. The van der Waals surface area contributed by atoms with Crippen molar-refractivity contribution in [1.82, 2.24) is 4.98 Å². The molecule has 0 atom stereocenters. The molecule has 4 aromatic rings. The topological polar surface area (TPSA) is 72.6 Å². The van der Waals surface area contributed by atoms with Gasteiger partial charge in [-0.25, -0.2) is 9.18 Å². The molecule has 0 amide bonds. The standard InChI is InChI=1S/C28H26F4N2O4/c1-16(2)38-27(35)26-22(15-37-14-17-4-6-18(7-5-17)28(30,31)32)21-10-8-20(13-24(21)34-26)33-19-9-11-25(36-3)23(29)12-19/h4-13,16,33-34H,14-15H2,1-3H3. The maximum Gasteiger partial charge on any atom is 0.416 e. The zero-order valence-corrected chi connectivity index (χ0v) is 20.9. The molecule has 0 fully saturated rings. The Morgan fingerprint density at radius 2 is 1.66 bits per heavy atom. The third-order valence-corrected chi connectivity index (χ3v) is 5.69. The Morgan fingerprint density at radius 3 is 2.29 bits per heavy atom. The molecule has 1 heterocycles. The smallest absolute Gasteiger partial charge is 0.416 e. The summed E-state index contributed by atoms with van der Waals surface area (Å²) in [6, 6.07) is 14.5. The number of halogens is 4. The molecule has 0 saturated heterocycles. The van der Waals surface area contributed by atoms with Crippen LogP contribution in [0.1, 0.15) is 41.0 Å². The number of alkyl halides is 3. The number of fused-ring (bicyclic) bond motifs is 1. The van der Waals surface area contributed by atoms with Crippen LogP contribution in [0.3, 0.4) is 0 Å². The Kier molecular flexibility index (Phi) is 7.91. The van der Waals surface area contributed by atoms with Crippen LogP contribution in [0, 0.1) is 5.82 Å². The molecule has 3 aromatic carbocycles. The van der Waals surface area contributed by atoms with Crippen LogP contribution in [-0.2, 0) is 28.9 Å². The van der Waals surface area contributed by atoms with Crippen LogP contribution in [0.5, 0.6) is 5.75 Å². The van der Waals surface area contributed by atoms with Crippen LogP contribution in [0.2, 0.25) is 0 Å². The van der Waals surface area contributed by atoms with E-state index in [2.05, 4.69) is 10.3 Å². The quantitative estimate of drug-likeness (QED) is 0.175. The third-order valence-electron chi connectivity index (χ3n) is 5.69. The number of ether oxygens (including phenoxy) is 3. The summed E-state index contributed by atoms with van der Waals surface area (Å²) in [5.74, 6) is -0.940. The predicted molar refractivity (Wildman–Crippen MR) is 135 cm³/mol. The highest BCUT2D eigenvalue weighted by Gasteiger charge is 2.30. The van der Waals surface area contributed by atoms with Crippen LogP contribution >= 0.6 is 0 Å². The second-order valence-corrected chi connectivity index (χ2v) is 8.85. The van der Waals surface area contributed by atoms with Gasteiger partial charge in [0.2, 0.25) is 0 Å². The lowest BCUT2D eigenvalue weighted by molar-refractivity contribution is -0.137. The third kappa shape index (κ3) is 6.25. The van der Waals surface area contributed by atoms with E-state index in [1.54, 1.807) is 38.1 Å². The number of esters is 1. The van der Waals surface area contributed by atoms with Gasteiger partial charge in [0.25, 0.3) is 0 Å². The molecule has 0 radical (unpaired) electrons. The molecule has 1 aromatic heterocycles. The average Bonchev–Trinajstić information content (AvgIpc) is 3.21. The van der Waals surface area contributed by atoms with Crippen LogP contribution in [0.4, 0.5) is 28.9 Å². The molecular weight excluding hydrogens is 504 g/mol. The highest BCUT2D eigenvalue weighted by Crippen LogP contribution is 2.31. The van der Waals surface area contributed by atoms with Gasteiger partial charge in [-0.15, -0.1) is 0 Å². The molecular formula is C28H26F4N2O4. The number of anilines is 2. The lowest BCUT2D eigenvalue weighted by atomic mass is 10.1. The molecule has 0 bridgehead atoms. The molecule has 0 saturated carbocycles. The molecule has 4 rings (SSSR count). The van der Waals surface area contributed by atoms with Crippen molar-refractivity contribution in [3.8, 4) is 5.75 Å². The van der Waals surface area contributed by atoms with Gasteiger partial charge < -0.3 is 24.5 Å². The Morgan fingerprint density at radius 1 is 0.974 bits per heavy atom. The van der Waals surface area contributed by atoms with E-state index >= 15 is 0 Å². The minimum atomic E-state index is -4.41. The van der Waals surface area contributed by atoms with Gasteiger partial charge in [-0.2, -0.15) is 13.2 Å². The van der Waals surface area contributed by atoms with Gasteiger partial charge in [0.15, 0.2) is 11.6 Å². The first-order valence-corrected chi connectivity index (χ1v) is 11.7. The number of aromatic nitrogens is 1. The molecule has 6 nitrogen and oxygen atoms in total. The summed E-state index contributed by atoms with van der Waals surface area (Å²) in [4.78, 5) is 15.9. The largest absolute Gasteiger partial charge is 0.494 e. The molecule has 200 valence electrons. The molecule has 0 unspecified atom stereocenters. The number of nitrogens with one attached hydrogen (secondary N) is 2. The summed E-state index contributed by atoms with van der Waals surface area (Å²) in [6.45, 7) is 3.53. The second-order valence-electron chi connectivity index (χ2n) is 8.85. The highest BCUT2D eigenvalue weighted by atomic mass is 19.4. The van der Waals surface area contributed by atoms with Crippen molar-refractivity contribution < 1.29 is 36.6 Å². The van der Waals surface area contributed by atoms with Crippen LogP contribution in [-0.4, -0.2) is 24.2 Å². The SMILES string of the molecule is COc1ccc(Nc2ccc3c(COCc4ccc(C(F)(F)F)cc4)c(C(=O)OC(C)C)[nH]c3c2)cc1F. The predicted octanol–water partition coefficient (Wildman–Crippen LogP) is 7.36. The van der Waals surface area contributed by atoms with Crippen LogP contribution in [0.25, 0.3) is 10.9 Å². The number of carbonyl (C=O) groups is 1. The molecule has 2 N–H and O–H groups in total. The minimum absolute atomic E-state index is 0.0139. The molecule has 0 aliphatic rings. The Bertz CT molecular complexity index is 1430. The molecule has 0 spiro atoms. The van der Waals surface area contributed by atoms with Gasteiger partial charge in [0.1, 0.15) is 5.69 Å². The summed E-state index contributed by atoms with van der Waals surface area (Å²) in [5, 5.41) is 3.82. The number of aromatic amines is 1. The van der Waals surface area contributed by atoms with E-state index in [0.717, 1.165) is 12.1 Å². The second kappa shape index (κ2) is 11.1. The van der Waals surface area contributed by atoms with Crippen molar-refractivity contribution in [2.45, 2.75) is 39.3 Å². The number of hydrogen-bond donors (Lipinski definition) is 2. The summed E-state index contributed by atoms with van der Waals surface area (Å²) >= 11 is 0. The Labute approximate surface area is 216 Å². The molecule has 0 aliphatic heterocycles. The first-order valence-electron chi connectivity index (χ1n) is 11.7. The summed E-state index contributed by atoms with van der Waals surface area (Å²) in [5.41, 5.74) is 2.36. The van der Waals surface area contributed by atoms with E-state index in [9.17, 15) is 22.4 Å². The van der Waals surface area contributed by atoms with Crippen LogP contribution in [0.15, 0.2) is 60.7 Å². The first-order chi connectivity index (χ1) is 18.0. The van der Waals surface area contributed by atoms with Gasteiger partial charge in [-0.1, -0.05) is 18.2 Å². The molecule has 0 aliphatic carbocycles. The average molecular weight is 531 g/mol. The number of methoxy groups -OCH3 is 1. The lowest BCUT2D eigenvalue weighted by Gasteiger charge is -2.10. The van der Waals surface area contributed by atoms with E-state index in [4.69, 9.17) is 14.2 Å². The maximum atomic E-state index is 14.1. The number of H-pyrrole nitrogens is 1. The van der Waals surface area contributed by atoms with Crippen molar-refractivity contribution in [2.75, 3.05) is 12.4 Å². The fourth-order valence-corrected chi connectivity index (χ4v) is 3.90. The van der Waals surface area contributed by atoms with E-state index in [0.29, 0.717) is 33.4 Å². The minimum Gasteiger partial charge on any atom is -0.494 e. The Balaban J connectivity index is 1.56. The van der Waals surface area contributed by atoms with Gasteiger partial charge in [-0.3, -0.25) is 0 Å².